The van der Waals surface area contributed by atoms with Gasteiger partial charge in [-0.15, -0.1) is 0 Å². The Hall–Kier alpha value is -0.0800. The lowest BCUT2D eigenvalue weighted by Crippen LogP contribution is -2.38. The fourth-order valence-electron chi connectivity index (χ4n) is 1.87. The van der Waals surface area contributed by atoms with Gasteiger partial charge in [0.05, 0.1) is 0 Å². The maximum atomic E-state index is 3.50. The molecule has 0 spiro atoms. The lowest BCUT2D eigenvalue weighted by atomic mass is 9.82. The Labute approximate surface area is 82.7 Å². The molecule has 0 aromatic heterocycles. The fraction of sp³-hybridized carbons (Fsp3) is 1.00. The predicted molar refractivity (Wildman–Crippen MR) is 58.0 cm³/mol. The number of nitrogens with one attached hydrogen (secondary N) is 1. The van der Waals surface area contributed by atoms with Crippen molar-refractivity contribution in [1.82, 2.24) is 10.2 Å². The number of rotatable bonds is 7. The third kappa shape index (κ3) is 3.28. The van der Waals surface area contributed by atoms with Crippen LogP contribution >= 0.6 is 0 Å². The van der Waals surface area contributed by atoms with Gasteiger partial charge >= 0.3 is 0 Å². The van der Waals surface area contributed by atoms with Gasteiger partial charge in [0.2, 0.25) is 0 Å². The largest absolute Gasteiger partial charge is 0.316 e. The molecule has 2 nitrogen and oxygen atoms in total. The van der Waals surface area contributed by atoms with E-state index < -0.39 is 0 Å². The summed E-state index contributed by atoms with van der Waals surface area (Å²) in [6, 6.07) is 0. The first kappa shape index (κ1) is 11.0. The Balaban J connectivity index is 2.38. The van der Waals surface area contributed by atoms with Gasteiger partial charge in [0.25, 0.3) is 0 Å². The summed E-state index contributed by atoms with van der Waals surface area (Å²) in [6.07, 6.45) is 2.60. The first-order valence-electron chi connectivity index (χ1n) is 5.69. The summed E-state index contributed by atoms with van der Waals surface area (Å²) in [5.74, 6) is 0. The number of hydrogen-bond acceptors (Lipinski definition) is 2. The van der Waals surface area contributed by atoms with E-state index in [1.54, 1.807) is 0 Å². The predicted octanol–water partition coefficient (Wildman–Crippen LogP) is 1.72. The summed E-state index contributed by atoms with van der Waals surface area (Å²) >= 11 is 0. The fourth-order valence-corrected chi connectivity index (χ4v) is 1.87. The van der Waals surface area contributed by atoms with Gasteiger partial charge in [-0.2, -0.15) is 0 Å². The van der Waals surface area contributed by atoms with Crippen LogP contribution in [-0.2, 0) is 0 Å². The minimum Gasteiger partial charge on any atom is -0.316 e. The normalized spacial score (nSPS) is 17.8. The van der Waals surface area contributed by atoms with Crippen LogP contribution in [0.4, 0.5) is 0 Å². The molecular weight excluding hydrogens is 160 g/mol. The van der Waals surface area contributed by atoms with E-state index in [1.807, 2.05) is 0 Å². The second-order valence-electron chi connectivity index (χ2n) is 4.26. The van der Waals surface area contributed by atoms with Crippen molar-refractivity contribution in [2.75, 3.05) is 32.7 Å². The first-order valence-corrected chi connectivity index (χ1v) is 5.69. The van der Waals surface area contributed by atoms with Gasteiger partial charge in [0, 0.05) is 26.2 Å². The standard InChI is InChI=1S/C11H24N2/c1-4-11(5-2,9-12-6-3)10-13-7-8-13/h12H,4-10H2,1-3H3. The molecule has 0 radical (unpaired) electrons. The smallest absolute Gasteiger partial charge is 0.0110 e. The van der Waals surface area contributed by atoms with E-state index >= 15 is 0 Å². The average molecular weight is 184 g/mol. The van der Waals surface area contributed by atoms with E-state index in [2.05, 4.69) is 31.0 Å². The van der Waals surface area contributed by atoms with E-state index in [0.717, 1.165) is 6.54 Å². The van der Waals surface area contributed by atoms with Crippen molar-refractivity contribution in [3.63, 3.8) is 0 Å². The highest BCUT2D eigenvalue weighted by Gasteiger charge is 2.31. The average Bonchev–Trinajstić information content (AvgIpc) is 2.96. The zero-order chi connectivity index (χ0) is 9.73. The van der Waals surface area contributed by atoms with Gasteiger partial charge in [0.1, 0.15) is 0 Å². The lowest BCUT2D eigenvalue weighted by molar-refractivity contribution is 0.207. The van der Waals surface area contributed by atoms with Crippen molar-refractivity contribution in [3.05, 3.63) is 0 Å². The van der Waals surface area contributed by atoms with Crippen molar-refractivity contribution in [3.8, 4) is 0 Å². The van der Waals surface area contributed by atoms with Gasteiger partial charge in [0.15, 0.2) is 0 Å². The third-order valence-corrected chi connectivity index (χ3v) is 3.35. The highest BCUT2D eigenvalue weighted by Crippen LogP contribution is 2.28. The molecule has 0 bridgehead atoms. The van der Waals surface area contributed by atoms with E-state index in [0.29, 0.717) is 5.41 Å². The monoisotopic (exact) mass is 184 g/mol. The molecule has 1 saturated heterocycles. The van der Waals surface area contributed by atoms with Crippen molar-refractivity contribution in [1.29, 1.82) is 0 Å². The molecule has 0 aromatic rings. The van der Waals surface area contributed by atoms with E-state index in [1.165, 1.54) is 39.0 Å². The van der Waals surface area contributed by atoms with Crippen LogP contribution in [0.15, 0.2) is 0 Å². The molecule has 1 heterocycles. The highest BCUT2D eigenvalue weighted by atomic mass is 15.3. The maximum Gasteiger partial charge on any atom is 0.0110 e. The summed E-state index contributed by atoms with van der Waals surface area (Å²) in [5.41, 5.74) is 0.534. The van der Waals surface area contributed by atoms with Gasteiger partial charge in [-0.25, -0.2) is 0 Å². The van der Waals surface area contributed by atoms with Crippen LogP contribution in [-0.4, -0.2) is 37.6 Å². The summed E-state index contributed by atoms with van der Waals surface area (Å²) in [7, 11) is 0. The van der Waals surface area contributed by atoms with Gasteiger partial charge in [-0.05, 0) is 24.8 Å². The second kappa shape index (κ2) is 4.97. The van der Waals surface area contributed by atoms with Gasteiger partial charge in [-0.1, -0.05) is 20.8 Å². The second-order valence-corrected chi connectivity index (χ2v) is 4.26. The Morgan fingerprint density at radius 1 is 1.15 bits per heavy atom. The van der Waals surface area contributed by atoms with Gasteiger partial charge < -0.3 is 10.2 Å². The maximum absolute atomic E-state index is 3.50. The molecule has 78 valence electrons. The third-order valence-electron chi connectivity index (χ3n) is 3.35. The number of hydrogen-bond donors (Lipinski definition) is 1. The molecule has 0 aliphatic carbocycles. The molecular formula is C11H24N2. The molecule has 1 rings (SSSR count). The van der Waals surface area contributed by atoms with Crippen molar-refractivity contribution >= 4 is 0 Å². The summed E-state index contributed by atoms with van der Waals surface area (Å²) in [5, 5.41) is 3.50. The molecule has 1 N–H and O–H groups in total. The Bertz CT molecular complexity index is 137. The van der Waals surface area contributed by atoms with Crippen LogP contribution < -0.4 is 5.32 Å². The quantitative estimate of drug-likeness (QED) is 0.606. The van der Waals surface area contributed by atoms with Gasteiger partial charge in [-0.3, -0.25) is 0 Å². The minimum atomic E-state index is 0.534. The van der Waals surface area contributed by atoms with Crippen molar-refractivity contribution in [2.24, 2.45) is 5.41 Å². The molecule has 0 atom stereocenters. The zero-order valence-corrected chi connectivity index (χ0v) is 9.40. The van der Waals surface area contributed by atoms with Crippen molar-refractivity contribution in [2.45, 2.75) is 33.6 Å². The van der Waals surface area contributed by atoms with E-state index in [4.69, 9.17) is 0 Å². The van der Waals surface area contributed by atoms with Crippen LogP contribution in [0.1, 0.15) is 33.6 Å². The molecule has 13 heavy (non-hydrogen) atoms. The molecule has 0 amide bonds. The SMILES string of the molecule is CCNCC(CC)(CC)CN1CC1. The Morgan fingerprint density at radius 3 is 2.15 bits per heavy atom. The summed E-state index contributed by atoms with van der Waals surface area (Å²) < 4.78 is 0. The van der Waals surface area contributed by atoms with Crippen molar-refractivity contribution < 1.29 is 0 Å². The minimum absolute atomic E-state index is 0.534. The molecule has 2 heteroatoms. The van der Waals surface area contributed by atoms with E-state index in [-0.39, 0.29) is 0 Å². The number of nitrogens with zero attached hydrogens (tertiary/aromatic N) is 1. The lowest BCUT2D eigenvalue weighted by Gasteiger charge is -2.32. The van der Waals surface area contributed by atoms with Crippen LogP contribution in [0.25, 0.3) is 0 Å². The Kier molecular flexibility index (Phi) is 4.20. The Morgan fingerprint density at radius 2 is 1.77 bits per heavy atom. The molecule has 0 aromatic carbocycles. The van der Waals surface area contributed by atoms with Crippen LogP contribution in [0.5, 0.6) is 0 Å². The highest BCUT2D eigenvalue weighted by molar-refractivity contribution is 4.87. The zero-order valence-electron chi connectivity index (χ0n) is 9.40. The van der Waals surface area contributed by atoms with Crippen LogP contribution in [0.3, 0.4) is 0 Å². The molecule has 1 fully saturated rings. The summed E-state index contributed by atoms with van der Waals surface area (Å²) in [6.45, 7) is 13.1. The molecule has 0 unspecified atom stereocenters. The summed E-state index contributed by atoms with van der Waals surface area (Å²) in [4.78, 5) is 2.55. The first-order chi connectivity index (χ1) is 6.26. The van der Waals surface area contributed by atoms with Crippen LogP contribution in [0, 0.1) is 5.41 Å². The molecule has 1 aliphatic rings. The van der Waals surface area contributed by atoms with E-state index in [9.17, 15) is 0 Å². The molecule has 1 aliphatic heterocycles. The molecule has 0 saturated carbocycles. The topological polar surface area (TPSA) is 15.0 Å². The van der Waals surface area contributed by atoms with Crippen LogP contribution in [0.2, 0.25) is 0 Å².